The number of likely N-dealkylation sites (tertiary alicyclic amines) is 1. The zero-order valence-corrected chi connectivity index (χ0v) is 11.2. The van der Waals surface area contributed by atoms with Gasteiger partial charge in [0.2, 0.25) is 5.91 Å². The number of nitrogens with zero attached hydrogens (tertiary/aromatic N) is 1. The van der Waals surface area contributed by atoms with Crippen LogP contribution in [0.5, 0.6) is 0 Å². The first-order valence-electron chi connectivity index (χ1n) is 6.12. The Morgan fingerprint density at radius 3 is 2.82 bits per heavy atom. The van der Waals surface area contributed by atoms with E-state index in [9.17, 15) is 9.59 Å². The molecular weight excluding hydrogens is 238 g/mol. The molecule has 0 saturated carbocycles. The van der Waals surface area contributed by atoms with Crippen molar-refractivity contribution in [3.63, 3.8) is 0 Å². The maximum atomic E-state index is 11.9. The van der Waals surface area contributed by atoms with Gasteiger partial charge in [0.05, 0.1) is 0 Å². The molecule has 1 rings (SSSR count). The zero-order chi connectivity index (χ0) is 12.7. The highest BCUT2D eigenvalue weighted by atomic mass is 32.2. The lowest BCUT2D eigenvalue weighted by Crippen LogP contribution is -2.40. The average molecular weight is 259 g/mol. The Kier molecular flexibility index (Phi) is 6.40. The first-order valence-corrected chi connectivity index (χ1v) is 7.51. The van der Waals surface area contributed by atoms with Crippen molar-refractivity contribution < 1.29 is 14.7 Å². The number of carboxylic acid groups (broad SMARTS) is 1. The summed E-state index contributed by atoms with van der Waals surface area (Å²) in [6.45, 7) is 1.70. The molecule has 1 amide bonds. The number of carboxylic acids is 1. The van der Waals surface area contributed by atoms with Gasteiger partial charge in [0.15, 0.2) is 0 Å². The molecule has 1 atom stereocenters. The molecule has 4 nitrogen and oxygen atoms in total. The van der Waals surface area contributed by atoms with E-state index in [4.69, 9.17) is 5.11 Å². The van der Waals surface area contributed by atoms with Gasteiger partial charge in [-0.1, -0.05) is 0 Å². The maximum absolute atomic E-state index is 11.9. The Labute approximate surface area is 107 Å². The molecule has 0 spiro atoms. The smallest absolute Gasteiger partial charge is 0.303 e. The molecule has 17 heavy (non-hydrogen) atoms. The van der Waals surface area contributed by atoms with Gasteiger partial charge in [0.25, 0.3) is 0 Å². The van der Waals surface area contributed by atoms with Gasteiger partial charge >= 0.3 is 5.97 Å². The number of amides is 1. The minimum atomic E-state index is -0.822. The van der Waals surface area contributed by atoms with Gasteiger partial charge in [0.1, 0.15) is 0 Å². The number of hydrogen-bond donors (Lipinski definition) is 1. The monoisotopic (exact) mass is 259 g/mol. The number of carbonyl (C=O) groups excluding carboxylic acids is 1. The summed E-state index contributed by atoms with van der Waals surface area (Å²) in [6.07, 6.45) is 5.30. The highest BCUT2D eigenvalue weighted by molar-refractivity contribution is 7.98. The van der Waals surface area contributed by atoms with Crippen molar-refractivity contribution in [2.45, 2.75) is 32.1 Å². The summed E-state index contributed by atoms with van der Waals surface area (Å²) in [4.78, 5) is 24.1. The molecule has 1 N–H and O–H groups in total. The third-order valence-corrected chi connectivity index (χ3v) is 3.86. The van der Waals surface area contributed by atoms with Gasteiger partial charge in [-0.15, -0.1) is 0 Å². The van der Waals surface area contributed by atoms with Gasteiger partial charge in [-0.05, 0) is 37.2 Å². The van der Waals surface area contributed by atoms with Crippen LogP contribution in [0.3, 0.4) is 0 Å². The summed E-state index contributed by atoms with van der Waals surface area (Å²) in [5.74, 6) is 1.02. The molecule has 0 bridgehead atoms. The fourth-order valence-electron chi connectivity index (χ4n) is 2.21. The Bertz CT molecular complexity index is 268. The molecule has 0 aromatic carbocycles. The van der Waals surface area contributed by atoms with E-state index in [1.54, 1.807) is 0 Å². The predicted octanol–water partition coefficient (Wildman–Crippen LogP) is 1.84. The molecule has 1 saturated heterocycles. The molecule has 0 radical (unpaired) electrons. The molecule has 98 valence electrons. The van der Waals surface area contributed by atoms with E-state index in [1.807, 2.05) is 16.7 Å². The minimum Gasteiger partial charge on any atom is -0.481 e. The van der Waals surface area contributed by atoms with Gasteiger partial charge in [-0.3, -0.25) is 9.59 Å². The lowest BCUT2D eigenvalue weighted by atomic mass is 9.99. The summed E-state index contributed by atoms with van der Waals surface area (Å²) in [6, 6.07) is 0. The molecule has 1 fully saturated rings. The van der Waals surface area contributed by atoms with Crippen molar-refractivity contribution >= 4 is 23.6 Å². The van der Waals surface area contributed by atoms with Gasteiger partial charge in [-0.2, -0.15) is 11.8 Å². The summed E-state index contributed by atoms with van der Waals surface area (Å²) in [5, 5.41) is 8.52. The number of rotatable bonds is 6. The topological polar surface area (TPSA) is 57.6 Å². The molecule has 0 aromatic heterocycles. The standard InChI is InChI=1S/C12H21NO3S/c1-17-9-10-4-3-7-13(8-10)11(14)5-2-6-12(15)16/h10H,2-9H2,1H3,(H,15,16). The molecule has 1 heterocycles. The maximum Gasteiger partial charge on any atom is 0.303 e. The van der Waals surface area contributed by atoms with Crippen LogP contribution < -0.4 is 0 Å². The quantitative estimate of drug-likeness (QED) is 0.791. The zero-order valence-electron chi connectivity index (χ0n) is 10.4. The number of carbonyl (C=O) groups is 2. The fraction of sp³-hybridized carbons (Fsp3) is 0.833. The van der Waals surface area contributed by atoms with Crippen LogP contribution in [0.25, 0.3) is 0 Å². The third-order valence-electron chi connectivity index (χ3n) is 3.06. The molecular formula is C12H21NO3S. The van der Waals surface area contributed by atoms with Crippen LogP contribution in [0, 0.1) is 5.92 Å². The Morgan fingerprint density at radius 1 is 1.41 bits per heavy atom. The predicted molar refractivity (Wildman–Crippen MR) is 69.2 cm³/mol. The number of aliphatic carboxylic acids is 1. The summed E-state index contributed by atoms with van der Waals surface area (Å²) in [7, 11) is 0. The summed E-state index contributed by atoms with van der Waals surface area (Å²) >= 11 is 1.83. The second kappa shape index (κ2) is 7.58. The first-order chi connectivity index (χ1) is 8.13. The highest BCUT2D eigenvalue weighted by Gasteiger charge is 2.22. The molecule has 0 aliphatic carbocycles. The van der Waals surface area contributed by atoms with E-state index in [0.717, 1.165) is 25.3 Å². The van der Waals surface area contributed by atoms with Gasteiger partial charge in [-0.25, -0.2) is 0 Å². The van der Waals surface area contributed by atoms with Gasteiger partial charge in [0, 0.05) is 25.9 Å². The molecule has 0 aromatic rings. The van der Waals surface area contributed by atoms with Crippen molar-refractivity contribution in [2.24, 2.45) is 5.92 Å². The van der Waals surface area contributed by atoms with E-state index in [0.29, 0.717) is 18.8 Å². The van der Waals surface area contributed by atoms with E-state index in [1.165, 1.54) is 6.42 Å². The van der Waals surface area contributed by atoms with Crippen LogP contribution in [0.2, 0.25) is 0 Å². The van der Waals surface area contributed by atoms with Crippen LogP contribution in [-0.2, 0) is 9.59 Å². The van der Waals surface area contributed by atoms with E-state index in [-0.39, 0.29) is 12.3 Å². The van der Waals surface area contributed by atoms with Crippen molar-refractivity contribution in [3.8, 4) is 0 Å². The van der Waals surface area contributed by atoms with Crippen LogP contribution in [-0.4, -0.2) is 47.0 Å². The summed E-state index contributed by atoms with van der Waals surface area (Å²) in [5.41, 5.74) is 0. The lowest BCUT2D eigenvalue weighted by molar-refractivity contribution is -0.137. The fourth-order valence-corrected chi connectivity index (χ4v) is 2.96. The van der Waals surface area contributed by atoms with Crippen molar-refractivity contribution in [1.82, 2.24) is 4.90 Å². The van der Waals surface area contributed by atoms with Crippen LogP contribution in [0.1, 0.15) is 32.1 Å². The van der Waals surface area contributed by atoms with Crippen LogP contribution >= 0.6 is 11.8 Å². The Morgan fingerprint density at radius 2 is 2.18 bits per heavy atom. The summed E-state index contributed by atoms with van der Waals surface area (Å²) < 4.78 is 0. The number of piperidine rings is 1. The Balaban J connectivity index is 2.28. The van der Waals surface area contributed by atoms with Gasteiger partial charge < -0.3 is 10.0 Å². The van der Waals surface area contributed by atoms with Crippen molar-refractivity contribution in [1.29, 1.82) is 0 Å². The van der Waals surface area contributed by atoms with Crippen LogP contribution in [0.15, 0.2) is 0 Å². The number of hydrogen-bond acceptors (Lipinski definition) is 3. The molecule has 1 unspecified atom stereocenters. The minimum absolute atomic E-state index is 0.0911. The molecule has 5 heteroatoms. The van der Waals surface area contributed by atoms with E-state index < -0.39 is 5.97 Å². The second-order valence-corrected chi connectivity index (χ2v) is 5.46. The first kappa shape index (κ1) is 14.4. The van der Waals surface area contributed by atoms with Crippen LogP contribution in [0.4, 0.5) is 0 Å². The number of thioether (sulfide) groups is 1. The highest BCUT2D eigenvalue weighted by Crippen LogP contribution is 2.20. The van der Waals surface area contributed by atoms with Crippen molar-refractivity contribution in [2.75, 3.05) is 25.1 Å². The SMILES string of the molecule is CSCC1CCCN(C(=O)CCCC(=O)O)C1. The largest absolute Gasteiger partial charge is 0.481 e. The normalized spacial score (nSPS) is 20.3. The average Bonchev–Trinajstić information content (AvgIpc) is 2.29. The lowest BCUT2D eigenvalue weighted by Gasteiger charge is -2.32. The van der Waals surface area contributed by atoms with E-state index in [2.05, 4.69) is 6.26 Å². The van der Waals surface area contributed by atoms with Crippen molar-refractivity contribution in [3.05, 3.63) is 0 Å². The van der Waals surface area contributed by atoms with E-state index >= 15 is 0 Å². The Hall–Kier alpha value is -0.710. The third kappa shape index (κ3) is 5.44. The molecule has 1 aliphatic rings. The molecule has 1 aliphatic heterocycles. The second-order valence-electron chi connectivity index (χ2n) is 4.55.